The van der Waals surface area contributed by atoms with Gasteiger partial charge in [-0.1, -0.05) is 6.92 Å². The van der Waals surface area contributed by atoms with Crippen LogP contribution in [0, 0.1) is 5.92 Å². The summed E-state index contributed by atoms with van der Waals surface area (Å²) in [5.41, 5.74) is 0.705. The van der Waals surface area contributed by atoms with E-state index in [4.69, 9.17) is 9.47 Å². The maximum Gasteiger partial charge on any atom is 0.228 e. The van der Waals surface area contributed by atoms with Gasteiger partial charge in [-0.15, -0.1) is 12.4 Å². The zero-order valence-electron chi connectivity index (χ0n) is 16.8. The fourth-order valence-electron chi connectivity index (χ4n) is 3.92. The quantitative estimate of drug-likeness (QED) is 0.743. The monoisotopic (exact) mass is 411 g/mol. The number of amides is 2. The first kappa shape index (κ1) is 22.3. The molecule has 0 spiro atoms. The molecule has 1 aromatic carbocycles. The highest BCUT2D eigenvalue weighted by Crippen LogP contribution is 2.33. The number of hydrogen-bond donors (Lipinski definition) is 1. The van der Waals surface area contributed by atoms with Crippen molar-refractivity contribution in [3.05, 3.63) is 18.2 Å². The van der Waals surface area contributed by atoms with Gasteiger partial charge in [0, 0.05) is 50.3 Å². The maximum atomic E-state index is 13.2. The van der Waals surface area contributed by atoms with Gasteiger partial charge in [0.15, 0.2) is 0 Å². The van der Waals surface area contributed by atoms with Crippen LogP contribution < -0.4 is 19.7 Å². The van der Waals surface area contributed by atoms with Gasteiger partial charge in [0.05, 0.1) is 25.8 Å². The van der Waals surface area contributed by atoms with Crippen molar-refractivity contribution in [2.24, 2.45) is 5.92 Å². The minimum Gasteiger partial charge on any atom is -0.497 e. The van der Waals surface area contributed by atoms with E-state index in [9.17, 15) is 9.59 Å². The molecule has 0 bridgehead atoms. The summed E-state index contributed by atoms with van der Waals surface area (Å²) in [7, 11) is 3.16. The molecular weight excluding hydrogens is 382 g/mol. The van der Waals surface area contributed by atoms with Crippen molar-refractivity contribution in [1.29, 1.82) is 0 Å². The first-order valence-electron chi connectivity index (χ1n) is 9.62. The summed E-state index contributed by atoms with van der Waals surface area (Å²) in [5.74, 6) is 0.996. The molecular formula is C20H30ClN3O4. The Morgan fingerprint density at radius 3 is 2.46 bits per heavy atom. The van der Waals surface area contributed by atoms with Crippen molar-refractivity contribution < 1.29 is 19.1 Å². The van der Waals surface area contributed by atoms with Gasteiger partial charge in [-0.05, 0) is 19.4 Å². The first-order chi connectivity index (χ1) is 13.1. The summed E-state index contributed by atoms with van der Waals surface area (Å²) in [5, 5.41) is 3.33. The SMILES string of the molecule is CCCN(C(=O)C1CC(=O)N(c2cc(OC)cc(OC)c2)C1)C1CCNC1.Cl. The molecule has 8 heteroatoms. The van der Waals surface area contributed by atoms with Gasteiger partial charge < -0.3 is 24.6 Å². The van der Waals surface area contributed by atoms with E-state index in [1.165, 1.54) is 0 Å². The lowest BCUT2D eigenvalue weighted by Crippen LogP contribution is -2.45. The molecule has 0 saturated carbocycles. The molecule has 2 fully saturated rings. The molecule has 2 heterocycles. The Bertz CT molecular complexity index is 672. The molecule has 1 N–H and O–H groups in total. The van der Waals surface area contributed by atoms with E-state index in [2.05, 4.69) is 12.2 Å². The molecule has 156 valence electrons. The van der Waals surface area contributed by atoms with E-state index in [1.54, 1.807) is 37.3 Å². The second-order valence-electron chi connectivity index (χ2n) is 7.15. The van der Waals surface area contributed by atoms with E-state index in [0.29, 0.717) is 23.7 Å². The van der Waals surface area contributed by atoms with E-state index in [1.807, 2.05) is 4.90 Å². The largest absolute Gasteiger partial charge is 0.497 e. The molecule has 0 aromatic heterocycles. The molecule has 28 heavy (non-hydrogen) atoms. The fraction of sp³-hybridized carbons (Fsp3) is 0.600. The minimum absolute atomic E-state index is 0. The summed E-state index contributed by atoms with van der Waals surface area (Å²) in [6.45, 7) is 5.00. The lowest BCUT2D eigenvalue weighted by Gasteiger charge is -2.30. The van der Waals surface area contributed by atoms with Crippen LogP contribution in [0.2, 0.25) is 0 Å². The first-order valence-corrected chi connectivity index (χ1v) is 9.62. The van der Waals surface area contributed by atoms with Crippen LogP contribution in [0.1, 0.15) is 26.2 Å². The second kappa shape index (κ2) is 9.98. The molecule has 7 nitrogen and oxygen atoms in total. The van der Waals surface area contributed by atoms with E-state index < -0.39 is 0 Å². The van der Waals surface area contributed by atoms with Crippen molar-refractivity contribution in [1.82, 2.24) is 10.2 Å². The smallest absolute Gasteiger partial charge is 0.228 e. The van der Waals surface area contributed by atoms with Crippen LogP contribution in [-0.4, -0.2) is 63.2 Å². The highest BCUT2D eigenvalue weighted by atomic mass is 35.5. The zero-order chi connectivity index (χ0) is 19.4. The molecule has 1 aromatic rings. The van der Waals surface area contributed by atoms with Crippen molar-refractivity contribution in [3.8, 4) is 11.5 Å². The van der Waals surface area contributed by atoms with Gasteiger partial charge in [-0.3, -0.25) is 9.59 Å². The summed E-state index contributed by atoms with van der Waals surface area (Å²) in [4.78, 5) is 29.5. The fourth-order valence-corrected chi connectivity index (χ4v) is 3.92. The Morgan fingerprint density at radius 1 is 1.25 bits per heavy atom. The maximum absolute atomic E-state index is 13.2. The number of methoxy groups -OCH3 is 2. The molecule has 2 aliphatic rings. The number of ether oxygens (including phenoxy) is 2. The lowest BCUT2D eigenvalue weighted by atomic mass is 10.0. The number of carbonyl (C=O) groups is 2. The standard InChI is InChI=1S/C20H29N3O4.ClH/c1-4-7-22(15-5-6-21-12-15)20(25)14-8-19(24)23(13-14)16-9-17(26-2)11-18(10-16)27-3;/h9-11,14-15,21H,4-8,12-13H2,1-3H3;1H. The summed E-state index contributed by atoms with van der Waals surface area (Å²) >= 11 is 0. The molecule has 2 unspecified atom stereocenters. The summed E-state index contributed by atoms with van der Waals surface area (Å²) in [6.07, 6.45) is 2.14. The van der Waals surface area contributed by atoms with Gasteiger partial charge in [0.2, 0.25) is 11.8 Å². The average Bonchev–Trinajstić information content (AvgIpc) is 3.35. The van der Waals surface area contributed by atoms with Crippen LogP contribution in [0.5, 0.6) is 11.5 Å². The van der Waals surface area contributed by atoms with E-state index in [-0.39, 0.29) is 42.6 Å². The van der Waals surface area contributed by atoms with Crippen molar-refractivity contribution in [3.63, 3.8) is 0 Å². The summed E-state index contributed by atoms with van der Waals surface area (Å²) < 4.78 is 10.6. The number of hydrogen-bond acceptors (Lipinski definition) is 5. The van der Waals surface area contributed by atoms with Gasteiger partial charge in [0.1, 0.15) is 11.5 Å². The van der Waals surface area contributed by atoms with Crippen LogP contribution >= 0.6 is 12.4 Å². The van der Waals surface area contributed by atoms with Gasteiger partial charge >= 0.3 is 0 Å². The van der Waals surface area contributed by atoms with Gasteiger partial charge in [0.25, 0.3) is 0 Å². The molecule has 2 amide bonds. The number of rotatable bonds is 7. The van der Waals surface area contributed by atoms with Gasteiger partial charge in [-0.2, -0.15) is 0 Å². The molecule has 2 atom stereocenters. The Morgan fingerprint density at radius 2 is 1.93 bits per heavy atom. The minimum atomic E-state index is -0.304. The molecule has 0 aliphatic carbocycles. The predicted octanol–water partition coefficient (Wildman–Crippen LogP) is 2.08. The van der Waals surface area contributed by atoms with Crippen LogP contribution in [0.3, 0.4) is 0 Å². The molecule has 2 saturated heterocycles. The average molecular weight is 412 g/mol. The van der Waals surface area contributed by atoms with Crippen molar-refractivity contribution in [2.45, 2.75) is 32.2 Å². The van der Waals surface area contributed by atoms with Crippen LogP contribution in [0.25, 0.3) is 0 Å². The number of benzene rings is 1. The molecule has 3 rings (SSSR count). The Labute approximate surface area is 172 Å². The second-order valence-corrected chi connectivity index (χ2v) is 7.15. The number of halogens is 1. The van der Waals surface area contributed by atoms with E-state index >= 15 is 0 Å². The number of nitrogens with zero attached hydrogens (tertiary/aromatic N) is 2. The number of anilines is 1. The zero-order valence-corrected chi connectivity index (χ0v) is 17.6. The third-order valence-corrected chi connectivity index (χ3v) is 5.34. The van der Waals surface area contributed by atoms with Gasteiger partial charge in [-0.25, -0.2) is 0 Å². The molecule has 2 aliphatic heterocycles. The highest BCUT2D eigenvalue weighted by molar-refractivity contribution is 6.00. The topological polar surface area (TPSA) is 71.1 Å². The Balaban J connectivity index is 0.00000280. The number of nitrogens with one attached hydrogen (secondary N) is 1. The van der Waals surface area contributed by atoms with Crippen molar-refractivity contribution >= 4 is 29.9 Å². The van der Waals surface area contributed by atoms with Crippen molar-refractivity contribution in [2.75, 3.05) is 45.3 Å². The number of carbonyl (C=O) groups excluding carboxylic acids is 2. The predicted molar refractivity (Wildman–Crippen MR) is 111 cm³/mol. The third-order valence-electron chi connectivity index (χ3n) is 5.34. The van der Waals surface area contributed by atoms with Crippen LogP contribution in [-0.2, 0) is 9.59 Å². The van der Waals surface area contributed by atoms with Crippen LogP contribution in [0.4, 0.5) is 5.69 Å². The Kier molecular flexibility index (Phi) is 7.95. The Hall–Kier alpha value is -1.99. The highest BCUT2D eigenvalue weighted by Gasteiger charge is 2.39. The lowest BCUT2D eigenvalue weighted by molar-refractivity contribution is -0.137. The van der Waals surface area contributed by atoms with E-state index in [0.717, 1.165) is 32.5 Å². The van der Waals surface area contributed by atoms with Crippen LogP contribution in [0.15, 0.2) is 18.2 Å². The normalized spacial score (nSPS) is 21.4. The molecule has 0 radical (unpaired) electrons. The summed E-state index contributed by atoms with van der Waals surface area (Å²) in [6, 6.07) is 5.61. The third kappa shape index (κ3) is 4.70.